The predicted molar refractivity (Wildman–Crippen MR) is 109 cm³/mol. The van der Waals surface area contributed by atoms with Gasteiger partial charge in [-0.15, -0.1) is 0 Å². The molecule has 0 aliphatic carbocycles. The third kappa shape index (κ3) is 5.44. The number of benzene rings is 1. The van der Waals surface area contributed by atoms with Crippen LogP contribution < -0.4 is 10.6 Å². The molecule has 2 heterocycles. The van der Waals surface area contributed by atoms with Crippen molar-refractivity contribution in [2.45, 2.75) is 45.1 Å². The molecule has 5 heteroatoms. The lowest BCUT2D eigenvalue weighted by Gasteiger charge is -2.33. The van der Waals surface area contributed by atoms with Crippen LogP contribution in [0.3, 0.4) is 0 Å². The molecular formula is C22H31N3O2. The molecule has 0 bridgehead atoms. The first kappa shape index (κ1) is 19.6. The Morgan fingerprint density at radius 1 is 1.11 bits per heavy atom. The van der Waals surface area contributed by atoms with Crippen LogP contribution in [0.15, 0.2) is 47.1 Å². The van der Waals surface area contributed by atoms with Crippen molar-refractivity contribution in [2.75, 3.05) is 31.5 Å². The summed E-state index contributed by atoms with van der Waals surface area (Å²) < 4.78 is 5.66. The Kier molecular flexibility index (Phi) is 7.07. The van der Waals surface area contributed by atoms with Crippen molar-refractivity contribution in [1.82, 2.24) is 10.2 Å². The lowest BCUT2D eigenvalue weighted by molar-refractivity contribution is -0.115. The minimum atomic E-state index is -0.0139. The number of rotatable bonds is 8. The van der Waals surface area contributed by atoms with E-state index in [-0.39, 0.29) is 18.5 Å². The summed E-state index contributed by atoms with van der Waals surface area (Å²) in [6.45, 7) is 7.43. The Labute approximate surface area is 162 Å². The highest BCUT2D eigenvalue weighted by molar-refractivity contribution is 5.93. The number of anilines is 1. The predicted octanol–water partition coefficient (Wildman–Crippen LogP) is 4.16. The highest BCUT2D eigenvalue weighted by Crippen LogP contribution is 2.25. The number of piperidine rings is 1. The Morgan fingerprint density at radius 3 is 2.59 bits per heavy atom. The average molecular weight is 370 g/mol. The molecule has 27 heavy (non-hydrogen) atoms. The van der Waals surface area contributed by atoms with Gasteiger partial charge in [-0.3, -0.25) is 9.69 Å². The normalized spacial score (nSPS) is 16.4. The second-order valence-corrected chi connectivity index (χ2v) is 7.55. The van der Waals surface area contributed by atoms with Crippen LogP contribution in [-0.4, -0.2) is 37.0 Å². The number of hydrogen-bond donors (Lipinski definition) is 2. The molecule has 5 nitrogen and oxygen atoms in total. The number of para-hydroxylation sites is 1. The largest absolute Gasteiger partial charge is 0.468 e. The van der Waals surface area contributed by atoms with Gasteiger partial charge in [-0.05, 0) is 55.6 Å². The van der Waals surface area contributed by atoms with Gasteiger partial charge in [0.1, 0.15) is 5.76 Å². The third-order valence-corrected chi connectivity index (χ3v) is 5.18. The monoisotopic (exact) mass is 369 g/mol. The molecule has 1 aromatic carbocycles. The molecule has 1 fully saturated rings. The molecule has 2 N–H and O–H groups in total. The number of furan rings is 1. The molecule has 1 aromatic heterocycles. The van der Waals surface area contributed by atoms with E-state index in [2.05, 4.69) is 35.4 Å². The maximum absolute atomic E-state index is 12.4. The van der Waals surface area contributed by atoms with Gasteiger partial charge >= 0.3 is 0 Å². The molecule has 1 aliphatic rings. The van der Waals surface area contributed by atoms with E-state index < -0.39 is 0 Å². The van der Waals surface area contributed by atoms with Crippen molar-refractivity contribution in [3.63, 3.8) is 0 Å². The summed E-state index contributed by atoms with van der Waals surface area (Å²) >= 11 is 0. The highest BCUT2D eigenvalue weighted by atomic mass is 16.3. The zero-order valence-electron chi connectivity index (χ0n) is 16.4. The second kappa shape index (κ2) is 9.72. The molecule has 146 valence electrons. The Hall–Kier alpha value is -2.11. The van der Waals surface area contributed by atoms with Crippen molar-refractivity contribution < 1.29 is 9.21 Å². The van der Waals surface area contributed by atoms with Crippen molar-refractivity contribution >= 4 is 11.6 Å². The summed E-state index contributed by atoms with van der Waals surface area (Å²) in [6.07, 6.45) is 5.47. The van der Waals surface area contributed by atoms with Gasteiger partial charge in [-0.2, -0.15) is 0 Å². The van der Waals surface area contributed by atoms with Crippen molar-refractivity contribution in [1.29, 1.82) is 0 Å². The summed E-state index contributed by atoms with van der Waals surface area (Å²) in [5, 5.41) is 6.37. The smallest absolute Gasteiger partial charge is 0.238 e. The van der Waals surface area contributed by atoms with E-state index in [1.165, 1.54) is 19.3 Å². The van der Waals surface area contributed by atoms with Crippen molar-refractivity contribution in [3.8, 4) is 0 Å². The molecule has 0 saturated carbocycles. The van der Waals surface area contributed by atoms with Crippen molar-refractivity contribution in [2.24, 2.45) is 0 Å². The van der Waals surface area contributed by atoms with Crippen LogP contribution in [0.25, 0.3) is 0 Å². The Balaban J connectivity index is 1.54. The average Bonchev–Trinajstić information content (AvgIpc) is 3.20. The second-order valence-electron chi connectivity index (χ2n) is 7.55. The SMILES string of the molecule is CC(C)c1ccccc1NC(=O)CNC[C@@H](c1ccco1)N1CCCCC1. The topological polar surface area (TPSA) is 57.5 Å². The molecule has 0 radical (unpaired) electrons. The zero-order chi connectivity index (χ0) is 19.1. The quantitative estimate of drug-likeness (QED) is 0.734. The lowest BCUT2D eigenvalue weighted by Crippen LogP contribution is -2.40. The summed E-state index contributed by atoms with van der Waals surface area (Å²) in [5.74, 6) is 1.33. The number of carbonyl (C=O) groups is 1. The number of nitrogens with one attached hydrogen (secondary N) is 2. The molecule has 2 aromatic rings. The van der Waals surface area contributed by atoms with E-state index in [1.54, 1.807) is 6.26 Å². The van der Waals surface area contributed by atoms with Crippen LogP contribution >= 0.6 is 0 Å². The summed E-state index contributed by atoms with van der Waals surface area (Å²) in [6, 6.07) is 12.1. The van der Waals surface area contributed by atoms with Crippen LogP contribution in [0.4, 0.5) is 5.69 Å². The molecule has 0 spiro atoms. The Bertz CT molecular complexity index is 706. The number of likely N-dealkylation sites (tertiary alicyclic amines) is 1. The Morgan fingerprint density at radius 2 is 1.89 bits per heavy atom. The number of hydrogen-bond acceptors (Lipinski definition) is 4. The van der Waals surface area contributed by atoms with Gasteiger partial charge in [-0.25, -0.2) is 0 Å². The molecule has 1 amide bonds. The maximum Gasteiger partial charge on any atom is 0.238 e. The van der Waals surface area contributed by atoms with Gasteiger partial charge in [0.25, 0.3) is 0 Å². The number of nitrogens with zero attached hydrogens (tertiary/aromatic N) is 1. The van der Waals surface area contributed by atoms with Crippen LogP contribution in [0.2, 0.25) is 0 Å². The first-order valence-corrected chi connectivity index (χ1v) is 10.0. The molecule has 1 aliphatic heterocycles. The van der Waals surface area contributed by atoms with E-state index in [4.69, 9.17) is 4.42 Å². The van der Waals surface area contributed by atoms with E-state index in [1.807, 2.05) is 30.3 Å². The minimum Gasteiger partial charge on any atom is -0.468 e. The van der Waals surface area contributed by atoms with Gasteiger partial charge < -0.3 is 15.1 Å². The van der Waals surface area contributed by atoms with Gasteiger partial charge in [-0.1, -0.05) is 38.5 Å². The van der Waals surface area contributed by atoms with E-state index in [0.29, 0.717) is 12.5 Å². The van der Waals surface area contributed by atoms with E-state index in [0.717, 1.165) is 30.1 Å². The standard InChI is InChI=1S/C22H31N3O2/c1-17(2)18-9-4-5-10-19(18)24-22(26)16-23-15-20(21-11-8-14-27-21)25-12-6-3-7-13-25/h4-5,8-11,14,17,20,23H,3,6-7,12-13,15-16H2,1-2H3,(H,24,26)/t20-/m0/s1. The summed E-state index contributed by atoms with van der Waals surface area (Å²) in [7, 11) is 0. The van der Waals surface area contributed by atoms with Gasteiger partial charge in [0.05, 0.1) is 18.8 Å². The maximum atomic E-state index is 12.4. The van der Waals surface area contributed by atoms with Crippen LogP contribution in [-0.2, 0) is 4.79 Å². The number of amides is 1. The third-order valence-electron chi connectivity index (χ3n) is 5.18. The lowest BCUT2D eigenvalue weighted by atomic mass is 10.0. The summed E-state index contributed by atoms with van der Waals surface area (Å²) in [4.78, 5) is 14.9. The first-order valence-electron chi connectivity index (χ1n) is 10.0. The first-order chi connectivity index (χ1) is 13.1. The molecule has 1 atom stereocenters. The molecule has 3 rings (SSSR count). The highest BCUT2D eigenvalue weighted by Gasteiger charge is 2.24. The van der Waals surface area contributed by atoms with Gasteiger partial charge in [0, 0.05) is 12.2 Å². The molecular weight excluding hydrogens is 338 g/mol. The molecule has 0 unspecified atom stereocenters. The zero-order valence-corrected chi connectivity index (χ0v) is 16.4. The molecule has 1 saturated heterocycles. The van der Waals surface area contributed by atoms with Crippen LogP contribution in [0.1, 0.15) is 56.4 Å². The van der Waals surface area contributed by atoms with Crippen LogP contribution in [0, 0.1) is 0 Å². The van der Waals surface area contributed by atoms with E-state index >= 15 is 0 Å². The van der Waals surface area contributed by atoms with Crippen LogP contribution in [0.5, 0.6) is 0 Å². The van der Waals surface area contributed by atoms with E-state index in [9.17, 15) is 4.79 Å². The van der Waals surface area contributed by atoms with Crippen molar-refractivity contribution in [3.05, 3.63) is 54.0 Å². The minimum absolute atomic E-state index is 0.0139. The fraction of sp³-hybridized carbons (Fsp3) is 0.500. The fourth-order valence-corrected chi connectivity index (χ4v) is 3.75. The van der Waals surface area contributed by atoms with Gasteiger partial charge in [0.15, 0.2) is 0 Å². The fourth-order valence-electron chi connectivity index (χ4n) is 3.75. The van der Waals surface area contributed by atoms with Gasteiger partial charge in [0.2, 0.25) is 5.91 Å². The summed E-state index contributed by atoms with van der Waals surface area (Å²) in [5.41, 5.74) is 2.06. The number of carbonyl (C=O) groups excluding carboxylic acids is 1.